The van der Waals surface area contributed by atoms with E-state index < -0.39 is 0 Å². The fourth-order valence-electron chi connectivity index (χ4n) is 2.39. The van der Waals surface area contributed by atoms with Crippen molar-refractivity contribution in [1.82, 2.24) is 15.2 Å². The summed E-state index contributed by atoms with van der Waals surface area (Å²) in [5, 5.41) is 6.79. The SMILES string of the molecule is CCc1nc(CCNC(=NC)N(C)Cc2ccc(SC)cc2)cs1. The van der Waals surface area contributed by atoms with Crippen LogP contribution in [0.15, 0.2) is 39.5 Å². The molecule has 0 amide bonds. The van der Waals surface area contributed by atoms with Crippen LogP contribution in [0.2, 0.25) is 0 Å². The molecule has 24 heavy (non-hydrogen) atoms. The van der Waals surface area contributed by atoms with Crippen molar-refractivity contribution in [2.24, 2.45) is 4.99 Å². The summed E-state index contributed by atoms with van der Waals surface area (Å²) in [4.78, 5) is 12.4. The summed E-state index contributed by atoms with van der Waals surface area (Å²) in [5.74, 6) is 0.912. The molecule has 4 nitrogen and oxygen atoms in total. The number of thiazole rings is 1. The van der Waals surface area contributed by atoms with Gasteiger partial charge in [-0.15, -0.1) is 23.1 Å². The number of aliphatic imine (C=N–C) groups is 1. The van der Waals surface area contributed by atoms with E-state index in [0.29, 0.717) is 0 Å². The zero-order chi connectivity index (χ0) is 17.4. The number of hydrogen-bond donors (Lipinski definition) is 1. The number of nitrogens with one attached hydrogen (secondary N) is 1. The number of thioether (sulfide) groups is 1. The summed E-state index contributed by atoms with van der Waals surface area (Å²) >= 11 is 3.51. The van der Waals surface area contributed by atoms with Gasteiger partial charge in [0, 0.05) is 43.9 Å². The topological polar surface area (TPSA) is 40.5 Å². The van der Waals surface area contributed by atoms with Crippen LogP contribution < -0.4 is 5.32 Å². The fourth-order valence-corrected chi connectivity index (χ4v) is 3.58. The van der Waals surface area contributed by atoms with E-state index in [4.69, 9.17) is 0 Å². The average molecular weight is 363 g/mol. The molecule has 1 N–H and O–H groups in total. The van der Waals surface area contributed by atoms with Crippen LogP contribution in [0.3, 0.4) is 0 Å². The van der Waals surface area contributed by atoms with Crippen LogP contribution in [-0.2, 0) is 19.4 Å². The van der Waals surface area contributed by atoms with Crippen molar-refractivity contribution in [3.8, 4) is 0 Å². The third-order valence-corrected chi connectivity index (χ3v) is 5.50. The van der Waals surface area contributed by atoms with Crippen molar-refractivity contribution < 1.29 is 0 Å². The van der Waals surface area contributed by atoms with E-state index in [9.17, 15) is 0 Å². The molecule has 0 aliphatic carbocycles. The Labute approximate surface area is 153 Å². The van der Waals surface area contributed by atoms with Crippen molar-refractivity contribution in [2.75, 3.05) is 26.9 Å². The second kappa shape index (κ2) is 9.69. The van der Waals surface area contributed by atoms with Crippen molar-refractivity contribution in [2.45, 2.75) is 31.2 Å². The molecule has 0 aliphatic heterocycles. The highest BCUT2D eigenvalue weighted by molar-refractivity contribution is 7.98. The average Bonchev–Trinajstić information content (AvgIpc) is 3.07. The van der Waals surface area contributed by atoms with Crippen LogP contribution in [0.5, 0.6) is 0 Å². The van der Waals surface area contributed by atoms with Gasteiger partial charge in [-0.1, -0.05) is 19.1 Å². The van der Waals surface area contributed by atoms with Gasteiger partial charge in [0.05, 0.1) is 10.7 Å². The lowest BCUT2D eigenvalue weighted by Gasteiger charge is -2.22. The maximum Gasteiger partial charge on any atom is 0.193 e. The highest BCUT2D eigenvalue weighted by atomic mass is 32.2. The van der Waals surface area contributed by atoms with Gasteiger partial charge >= 0.3 is 0 Å². The summed E-state index contributed by atoms with van der Waals surface area (Å²) in [6.45, 7) is 3.82. The number of rotatable bonds is 7. The Morgan fingerprint density at radius 1 is 1.33 bits per heavy atom. The molecule has 0 spiro atoms. The monoisotopic (exact) mass is 362 g/mol. The van der Waals surface area contributed by atoms with E-state index >= 15 is 0 Å². The normalized spacial score (nSPS) is 11.6. The van der Waals surface area contributed by atoms with Gasteiger partial charge in [0.1, 0.15) is 0 Å². The van der Waals surface area contributed by atoms with E-state index in [1.54, 1.807) is 23.1 Å². The Hall–Kier alpha value is -1.53. The lowest BCUT2D eigenvalue weighted by atomic mass is 10.2. The predicted octanol–water partition coefficient (Wildman–Crippen LogP) is 3.68. The van der Waals surface area contributed by atoms with Crippen LogP contribution in [0.1, 0.15) is 23.2 Å². The van der Waals surface area contributed by atoms with Crippen molar-refractivity contribution in [3.05, 3.63) is 45.9 Å². The second-order valence-corrected chi connectivity index (χ2v) is 7.34. The predicted molar refractivity (Wildman–Crippen MR) is 106 cm³/mol. The van der Waals surface area contributed by atoms with E-state index in [-0.39, 0.29) is 0 Å². The van der Waals surface area contributed by atoms with Gasteiger partial charge in [-0.25, -0.2) is 4.98 Å². The third kappa shape index (κ3) is 5.53. The number of guanidine groups is 1. The van der Waals surface area contributed by atoms with Gasteiger partial charge in [0.25, 0.3) is 0 Å². The molecule has 0 fully saturated rings. The summed E-state index contributed by atoms with van der Waals surface area (Å²) in [6, 6.07) is 8.68. The van der Waals surface area contributed by atoms with E-state index in [2.05, 4.69) is 70.1 Å². The first-order valence-electron chi connectivity index (χ1n) is 8.14. The van der Waals surface area contributed by atoms with Crippen LogP contribution >= 0.6 is 23.1 Å². The number of benzene rings is 1. The smallest absolute Gasteiger partial charge is 0.193 e. The minimum Gasteiger partial charge on any atom is -0.356 e. The lowest BCUT2D eigenvalue weighted by Crippen LogP contribution is -2.39. The first kappa shape index (κ1) is 18.8. The molecular formula is C18H26N4S2. The van der Waals surface area contributed by atoms with E-state index in [0.717, 1.165) is 37.6 Å². The van der Waals surface area contributed by atoms with Crippen LogP contribution in [0.25, 0.3) is 0 Å². The fraction of sp³-hybridized carbons (Fsp3) is 0.444. The Balaban J connectivity index is 1.83. The minimum absolute atomic E-state index is 0.838. The largest absolute Gasteiger partial charge is 0.356 e. The summed E-state index contributed by atoms with van der Waals surface area (Å²) in [7, 11) is 3.89. The number of aromatic nitrogens is 1. The highest BCUT2D eigenvalue weighted by Gasteiger charge is 2.07. The van der Waals surface area contributed by atoms with Crippen LogP contribution in [0.4, 0.5) is 0 Å². The standard InChI is InChI=1S/C18H26N4S2/c1-5-17-21-15(13-24-17)10-11-20-18(19-2)22(3)12-14-6-8-16(23-4)9-7-14/h6-9,13H,5,10-12H2,1-4H3,(H,19,20). The molecular weight excluding hydrogens is 336 g/mol. The molecule has 2 aromatic rings. The van der Waals surface area contributed by atoms with Crippen LogP contribution in [-0.4, -0.2) is 42.7 Å². The number of hydrogen-bond acceptors (Lipinski definition) is 4. The first-order valence-corrected chi connectivity index (χ1v) is 10.2. The third-order valence-electron chi connectivity index (χ3n) is 3.72. The number of nitrogens with zero attached hydrogens (tertiary/aromatic N) is 3. The molecule has 1 heterocycles. The zero-order valence-corrected chi connectivity index (χ0v) is 16.5. The molecule has 0 saturated heterocycles. The van der Waals surface area contributed by atoms with Crippen molar-refractivity contribution in [3.63, 3.8) is 0 Å². The van der Waals surface area contributed by atoms with Gasteiger partial charge in [-0.3, -0.25) is 4.99 Å². The molecule has 6 heteroatoms. The molecule has 2 rings (SSSR count). The van der Waals surface area contributed by atoms with Gasteiger partial charge in [-0.2, -0.15) is 0 Å². The Morgan fingerprint density at radius 3 is 2.67 bits per heavy atom. The molecule has 0 bridgehead atoms. The molecule has 0 radical (unpaired) electrons. The maximum absolute atomic E-state index is 4.60. The van der Waals surface area contributed by atoms with Crippen LogP contribution in [0, 0.1) is 0 Å². The quantitative estimate of drug-likeness (QED) is 0.463. The van der Waals surface area contributed by atoms with E-state index in [1.807, 2.05) is 7.05 Å². The molecule has 1 aromatic carbocycles. The van der Waals surface area contributed by atoms with Gasteiger partial charge in [0.2, 0.25) is 0 Å². The first-order chi connectivity index (χ1) is 11.7. The van der Waals surface area contributed by atoms with Crippen molar-refractivity contribution >= 4 is 29.1 Å². The minimum atomic E-state index is 0.838. The molecule has 0 saturated carbocycles. The van der Waals surface area contributed by atoms with E-state index in [1.165, 1.54) is 15.5 Å². The lowest BCUT2D eigenvalue weighted by molar-refractivity contribution is 0.477. The highest BCUT2D eigenvalue weighted by Crippen LogP contribution is 2.15. The Morgan fingerprint density at radius 2 is 2.08 bits per heavy atom. The van der Waals surface area contributed by atoms with Crippen molar-refractivity contribution in [1.29, 1.82) is 0 Å². The Kier molecular flexibility index (Phi) is 7.59. The Bertz CT molecular complexity index is 649. The molecule has 0 atom stereocenters. The summed E-state index contributed by atoms with van der Waals surface area (Å²) in [6.07, 6.45) is 4.03. The molecule has 0 aliphatic rings. The molecule has 130 valence electrons. The summed E-state index contributed by atoms with van der Waals surface area (Å²) < 4.78 is 0. The zero-order valence-electron chi connectivity index (χ0n) is 14.9. The van der Waals surface area contributed by atoms with Gasteiger partial charge in [-0.05, 0) is 30.4 Å². The van der Waals surface area contributed by atoms with Gasteiger partial charge < -0.3 is 10.2 Å². The maximum atomic E-state index is 4.60. The van der Waals surface area contributed by atoms with Gasteiger partial charge in [0.15, 0.2) is 5.96 Å². The summed E-state index contributed by atoms with van der Waals surface area (Å²) in [5.41, 5.74) is 2.44. The number of aryl methyl sites for hydroxylation is 1. The molecule has 0 unspecified atom stereocenters. The second-order valence-electron chi connectivity index (χ2n) is 5.51. The molecule has 1 aromatic heterocycles.